The summed E-state index contributed by atoms with van der Waals surface area (Å²) in [6.45, 7) is 3.05. The van der Waals surface area contributed by atoms with Gasteiger partial charge in [0.1, 0.15) is 5.69 Å². The topological polar surface area (TPSA) is 54.0 Å². The van der Waals surface area contributed by atoms with Gasteiger partial charge in [-0.25, -0.2) is 4.98 Å². The highest BCUT2D eigenvalue weighted by Gasteiger charge is 2.15. The van der Waals surface area contributed by atoms with Crippen molar-refractivity contribution in [2.24, 2.45) is 0 Å². The highest BCUT2D eigenvalue weighted by atomic mass is 16.1. The van der Waals surface area contributed by atoms with Gasteiger partial charge < -0.3 is 10.6 Å². The Morgan fingerprint density at radius 1 is 1.19 bits per heavy atom. The molecule has 1 aromatic heterocycles. The summed E-state index contributed by atoms with van der Waals surface area (Å²) in [4.78, 5) is 16.5. The second kappa shape index (κ2) is 8.65. The van der Waals surface area contributed by atoms with Crippen LogP contribution in [0.4, 0.5) is 5.69 Å². The Labute approximate surface area is 127 Å². The summed E-state index contributed by atoms with van der Waals surface area (Å²) in [6.07, 6.45) is 11.4. The number of aromatic nitrogens is 1. The number of hydrogen-bond donors (Lipinski definition) is 2. The number of nitrogens with one attached hydrogen (secondary N) is 2. The van der Waals surface area contributed by atoms with Crippen LogP contribution in [0.25, 0.3) is 0 Å². The normalized spacial score (nSPS) is 16.8. The van der Waals surface area contributed by atoms with E-state index in [1.807, 2.05) is 6.07 Å². The molecule has 4 heteroatoms. The van der Waals surface area contributed by atoms with E-state index in [-0.39, 0.29) is 5.91 Å². The molecule has 0 atom stereocenters. The van der Waals surface area contributed by atoms with Crippen molar-refractivity contribution in [1.29, 1.82) is 0 Å². The van der Waals surface area contributed by atoms with Crippen LogP contribution in [-0.2, 0) is 0 Å². The summed E-state index contributed by atoms with van der Waals surface area (Å²) >= 11 is 0. The van der Waals surface area contributed by atoms with E-state index >= 15 is 0 Å². The predicted octanol–water partition coefficient (Wildman–Crippen LogP) is 3.75. The van der Waals surface area contributed by atoms with Crippen LogP contribution in [-0.4, -0.2) is 23.5 Å². The molecule has 0 bridgehead atoms. The Balaban J connectivity index is 1.86. The highest BCUT2D eigenvalue weighted by molar-refractivity contribution is 5.92. The lowest BCUT2D eigenvalue weighted by molar-refractivity contribution is 0.0925. The summed E-state index contributed by atoms with van der Waals surface area (Å²) < 4.78 is 0. The van der Waals surface area contributed by atoms with E-state index in [1.54, 1.807) is 12.3 Å². The highest BCUT2D eigenvalue weighted by Crippen LogP contribution is 2.17. The van der Waals surface area contributed by atoms with Gasteiger partial charge in [-0.1, -0.05) is 39.0 Å². The number of pyridine rings is 1. The van der Waals surface area contributed by atoms with Gasteiger partial charge >= 0.3 is 0 Å². The van der Waals surface area contributed by atoms with Crippen molar-refractivity contribution in [2.75, 3.05) is 11.9 Å². The molecule has 116 valence electrons. The minimum Gasteiger partial charge on any atom is -0.384 e. The number of carbonyl (C=O) groups excluding carboxylic acids is 1. The van der Waals surface area contributed by atoms with Crippen LogP contribution in [0.15, 0.2) is 18.3 Å². The van der Waals surface area contributed by atoms with E-state index in [2.05, 4.69) is 22.5 Å². The van der Waals surface area contributed by atoms with Gasteiger partial charge in [0.15, 0.2) is 0 Å². The predicted molar refractivity (Wildman–Crippen MR) is 86.6 cm³/mol. The maximum atomic E-state index is 12.2. The van der Waals surface area contributed by atoms with Crippen LogP contribution < -0.4 is 10.6 Å². The van der Waals surface area contributed by atoms with Crippen molar-refractivity contribution >= 4 is 11.6 Å². The maximum absolute atomic E-state index is 12.2. The third-order valence-corrected chi connectivity index (χ3v) is 4.02. The SMILES string of the molecule is CCCNc1ccc(C(=O)NC2CCCCCCC2)nc1. The monoisotopic (exact) mass is 289 g/mol. The van der Waals surface area contributed by atoms with E-state index in [1.165, 1.54) is 32.1 Å². The summed E-state index contributed by atoms with van der Waals surface area (Å²) in [5.41, 5.74) is 1.48. The third-order valence-electron chi connectivity index (χ3n) is 4.02. The van der Waals surface area contributed by atoms with E-state index < -0.39 is 0 Å². The number of rotatable bonds is 5. The zero-order chi connectivity index (χ0) is 14.9. The number of anilines is 1. The molecule has 1 saturated carbocycles. The van der Waals surface area contributed by atoms with Gasteiger partial charge in [0.2, 0.25) is 0 Å². The van der Waals surface area contributed by atoms with Gasteiger partial charge in [0.05, 0.1) is 11.9 Å². The molecule has 0 spiro atoms. The fourth-order valence-electron chi connectivity index (χ4n) is 2.76. The number of amides is 1. The van der Waals surface area contributed by atoms with Crippen LogP contribution in [0.5, 0.6) is 0 Å². The molecule has 1 heterocycles. The number of nitrogens with zero attached hydrogens (tertiary/aromatic N) is 1. The van der Waals surface area contributed by atoms with E-state index in [0.717, 1.165) is 31.5 Å². The van der Waals surface area contributed by atoms with Gasteiger partial charge in [-0.05, 0) is 31.4 Å². The third kappa shape index (κ3) is 5.37. The molecule has 2 rings (SSSR count). The van der Waals surface area contributed by atoms with Crippen LogP contribution in [0, 0.1) is 0 Å². The van der Waals surface area contributed by atoms with Gasteiger partial charge in [0.25, 0.3) is 5.91 Å². The Morgan fingerprint density at radius 2 is 1.90 bits per heavy atom. The molecule has 0 aliphatic heterocycles. The van der Waals surface area contributed by atoms with E-state index in [0.29, 0.717) is 11.7 Å². The number of hydrogen-bond acceptors (Lipinski definition) is 3. The Hall–Kier alpha value is -1.58. The smallest absolute Gasteiger partial charge is 0.270 e. The molecule has 1 fully saturated rings. The second-order valence-corrected chi connectivity index (χ2v) is 5.87. The first-order valence-electron chi connectivity index (χ1n) is 8.30. The standard InChI is InChI=1S/C17H27N3O/c1-2-12-18-15-10-11-16(19-13-15)17(21)20-14-8-6-4-3-5-7-9-14/h10-11,13-14,18H,2-9,12H2,1H3,(H,20,21). The maximum Gasteiger partial charge on any atom is 0.270 e. The molecule has 21 heavy (non-hydrogen) atoms. The summed E-state index contributed by atoms with van der Waals surface area (Å²) in [7, 11) is 0. The first-order chi connectivity index (χ1) is 10.3. The minimum absolute atomic E-state index is 0.0392. The molecule has 1 aliphatic carbocycles. The molecular formula is C17H27N3O. The van der Waals surface area contributed by atoms with E-state index in [9.17, 15) is 4.79 Å². The lowest BCUT2D eigenvalue weighted by Crippen LogP contribution is -2.35. The zero-order valence-electron chi connectivity index (χ0n) is 13.0. The lowest BCUT2D eigenvalue weighted by atomic mass is 9.96. The molecule has 1 aromatic rings. The molecule has 0 saturated heterocycles. The fraction of sp³-hybridized carbons (Fsp3) is 0.647. The second-order valence-electron chi connectivity index (χ2n) is 5.87. The average Bonchev–Trinajstić information content (AvgIpc) is 2.48. The van der Waals surface area contributed by atoms with Gasteiger partial charge in [0, 0.05) is 12.6 Å². The van der Waals surface area contributed by atoms with Crippen molar-refractivity contribution in [2.45, 2.75) is 64.3 Å². The van der Waals surface area contributed by atoms with Crippen molar-refractivity contribution in [3.63, 3.8) is 0 Å². The fourth-order valence-corrected chi connectivity index (χ4v) is 2.76. The van der Waals surface area contributed by atoms with Crippen LogP contribution >= 0.6 is 0 Å². The first kappa shape index (κ1) is 15.8. The van der Waals surface area contributed by atoms with Crippen LogP contribution in [0.3, 0.4) is 0 Å². The largest absolute Gasteiger partial charge is 0.384 e. The minimum atomic E-state index is -0.0392. The van der Waals surface area contributed by atoms with Crippen molar-refractivity contribution in [3.8, 4) is 0 Å². The number of carbonyl (C=O) groups is 1. The summed E-state index contributed by atoms with van der Waals surface area (Å²) in [5, 5.41) is 6.41. The van der Waals surface area contributed by atoms with Crippen molar-refractivity contribution < 1.29 is 4.79 Å². The average molecular weight is 289 g/mol. The zero-order valence-corrected chi connectivity index (χ0v) is 13.0. The molecule has 0 radical (unpaired) electrons. The summed E-state index contributed by atoms with van der Waals surface area (Å²) in [6, 6.07) is 4.05. The molecule has 2 N–H and O–H groups in total. The lowest BCUT2D eigenvalue weighted by Gasteiger charge is -2.20. The Kier molecular flexibility index (Phi) is 6.51. The van der Waals surface area contributed by atoms with Gasteiger partial charge in [-0.3, -0.25) is 4.79 Å². The quantitative estimate of drug-likeness (QED) is 0.868. The molecule has 0 aromatic carbocycles. The Morgan fingerprint density at radius 3 is 2.52 bits per heavy atom. The Bertz CT molecular complexity index is 422. The van der Waals surface area contributed by atoms with Gasteiger partial charge in [-0.15, -0.1) is 0 Å². The first-order valence-corrected chi connectivity index (χ1v) is 8.30. The molecule has 1 aliphatic rings. The molecule has 1 amide bonds. The van der Waals surface area contributed by atoms with Crippen LogP contribution in [0.2, 0.25) is 0 Å². The molecule has 0 unspecified atom stereocenters. The van der Waals surface area contributed by atoms with Crippen molar-refractivity contribution in [3.05, 3.63) is 24.0 Å². The van der Waals surface area contributed by atoms with Crippen molar-refractivity contribution in [1.82, 2.24) is 10.3 Å². The molecular weight excluding hydrogens is 262 g/mol. The van der Waals surface area contributed by atoms with E-state index in [4.69, 9.17) is 0 Å². The van der Waals surface area contributed by atoms with Gasteiger partial charge in [-0.2, -0.15) is 0 Å². The molecule has 4 nitrogen and oxygen atoms in total. The van der Waals surface area contributed by atoms with Crippen LogP contribution in [0.1, 0.15) is 68.8 Å². The summed E-state index contributed by atoms with van der Waals surface area (Å²) in [5.74, 6) is -0.0392.